The summed E-state index contributed by atoms with van der Waals surface area (Å²) in [5.41, 5.74) is 1.72. The second kappa shape index (κ2) is 5.82. The van der Waals surface area contributed by atoms with Crippen molar-refractivity contribution in [2.45, 2.75) is 4.90 Å². The molecule has 4 rings (SSSR count). The van der Waals surface area contributed by atoms with E-state index in [4.69, 9.17) is 10.7 Å². The lowest BCUT2D eigenvalue weighted by Gasteiger charge is -2.06. The van der Waals surface area contributed by atoms with Gasteiger partial charge in [0, 0.05) is 16.2 Å². The highest BCUT2D eigenvalue weighted by molar-refractivity contribution is 8.13. The van der Waals surface area contributed by atoms with Crippen LogP contribution in [0.4, 0.5) is 0 Å². The molecule has 0 atom stereocenters. The number of benzene rings is 2. The second-order valence-corrected chi connectivity index (χ2v) is 8.20. The van der Waals surface area contributed by atoms with Gasteiger partial charge in [-0.1, -0.05) is 48.5 Å². The van der Waals surface area contributed by atoms with E-state index < -0.39 is 15.0 Å². The number of aromatic hydroxyl groups is 1. The first-order valence-corrected chi connectivity index (χ1v) is 9.86. The number of nitrogens with zero attached hydrogens (tertiary/aromatic N) is 1. The normalized spacial score (nSPS) is 13.6. The van der Waals surface area contributed by atoms with Gasteiger partial charge >= 0.3 is 0 Å². The van der Waals surface area contributed by atoms with Crippen LogP contribution in [0.15, 0.2) is 64.5 Å². The molecule has 1 aliphatic heterocycles. The van der Waals surface area contributed by atoms with Crippen molar-refractivity contribution in [3.63, 3.8) is 0 Å². The Hall–Kier alpha value is -2.90. The van der Waals surface area contributed by atoms with Crippen LogP contribution in [0.5, 0.6) is 5.88 Å². The first kappa shape index (κ1) is 16.6. The summed E-state index contributed by atoms with van der Waals surface area (Å²) in [4.78, 5) is 19.1. The van der Waals surface area contributed by atoms with E-state index in [1.165, 1.54) is 18.2 Å². The first-order valence-electron chi connectivity index (χ1n) is 7.55. The minimum absolute atomic E-state index is 0.0701. The van der Waals surface area contributed by atoms with Crippen LogP contribution in [0.2, 0.25) is 0 Å². The minimum atomic E-state index is -4.06. The number of aromatic amines is 1. The van der Waals surface area contributed by atoms with Gasteiger partial charge in [0.25, 0.3) is 15.0 Å². The summed E-state index contributed by atoms with van der Waals surface area (Å²) >= 11 is 0. The molecule has 26 heavy (non-hydrogen) atoms. The first-order chi connectivity index (χ1) is 12.4. The van der Waals surface area contributed by atoms with Gasteiger partial charge in [0.1, 0.15) is 0 Å². The van der Waals surface area contributed by atoms with Gasteiger partial charge in [-0.15, -0.1) is 0 Å². The van der Waals surface area contributed by atoms with Crippen LogP contribution in [0.25, 0.3) is 11.3 Å². The Morgan fingerprint density at radius 3 is 2.31 bits per heavy atom. The number of halogens is 1. The van der Waals surface area contributed by atoms with Crippen molar-refractivity contribution in [3.8, 4) is 17.1 Å². The third kappa shape index (κ3) is 2.53. The second-order valence-electron chi connectivity index (χ2n) is 5.66. The Morgan fingerprint density at radius 1 is 0.962 bits per heavy atom. The topological polar surface area (TPSA) is 99.6 Å². The summed E-state index contributed by atoms with van der Waals surface area (Å²) < 4.78 is 23.7. The highest BCUT2D eigenvalue weighted by atomic mass is 35.7. The number of amides is 1. The Labute approximate surface area is 153 Å². The Morgan fingerprint density at radius 2 is 1.62 bits per heavy atom. The zero-order valence-electron chi connectivity index (χ0n) is 13.1. The molecule has 0 bridgehead atoms. The molecular formula is C18H11ClN2O4S. The van der Waals surface area contributed by atoms with Gasteiger partial charge in [0.15, 0.2) is 5.88 Å². The summed E-state index contributed by atoms with van der Waals surface area (Å²) in [6.07, 6.45) is 0. The molecule has 1 aromatic heterocycles. The zero-order valence-corrected chi connectivity index (χ0v) is 14.7. The smallest absolute Gasteiger partial charge is 0.280 e. The molecule has 0 spiro atoms. The Kier molecular flexibility index (Phi) is 3.71. The third-order valence-electron chi connectivity index (χ3n) is 4.11. The fraction of sp³-hybridized carbons (Fsp3) is 0. The van der Waals surface area contributed by atoms with Crippen molar-refractivity contribution in [2.24, 2.45) is 4.99 Å². The molecule has 6 nitrogen and oxygen atoms in total. The van der Waals surface area contributed by atoms with Crippen molar-refractivity contribution in [3.05, 3.63) is 71.3 Å². The molecule has 0 radical (unpaired) electrons. The molecule has 8 heteroatoms. The van der Waals surface area contributed by atoms with E-state index in [1.807, 2.05) is 6.07 Å². The summed E-state index contributed by atoms with van der Waals surface area (Å²) in [6.45, 7) is 0. The van der Waals surface area contributed by atoms with Gasteiger partial charge in [0.2, 0.25) is 0 Å². The average Bonchev–Trinajstić information content (AvgIpc) is 3.14. The van der Waals surface area contributed by atoms with E-state index in [0.29, 0.717) is 11.3 Å². The number of carbonyl (C=O) groups excluding carboxylic acids is 1. The van der Waals surface area contributed by atoms with Gasteiger partial charge in [-0.3, -0.25) is 4.79 Å². The molecule has 130 valence electrons. The minimum Gasteiger partial charge on any atom is -0.494 e. The molecule has 2 N–H and O–H groups in total. The van der Waals surface area contributed by atoms with Crippen LogP contribution in [0.3, 0.4) is 0 Å². The Bertz CT molecular complexity index is 1180. The molecular weight excluding hydrogens is 376 g/mol. The number of carbonyl (C=O) groups is 1. The van der Waals surface area contributed by atoms with Crippen LogP contribution >= 0.6 is 10.7 Å². The van der Waals surface area contributed by atoms with Crippen molar-refractivity contribution in [1.29, 1.82) is 0 Å². The lowest BCUT2D eigenvalue weighted by molar-refractivity contribution is 0.101. The highest BCUT2D eigenvalue weighted by Crippen LogP contribution is 2.39. The predicted molar refractivity (Wildman–Crippen MR) is 97.3 cm³/mol. The lowest BCUT2D eigenvalue weighted by atomic mass is 10.0. The number of rotatable bonds is 3. The highest BCUT2D eigenvalue weighted by Gasteiger charge is 2.35. The molecule has 0 aliphatic carbocycles. The number of H-pyrrole nitrogens is 1. The van der Waals surface area contributed by atoms with Gasteiger partial charge in [0.05, 0.1) is 27.4 Å². The molecule has 0 fully saturated rings. The van der Waals surface area contributed by atoms with Crippen molar-refractivity contribution in [1.82, 2.24) is 4.98 Å². The zero-order chi connectivity index (χ0) is 18.5. The van der Waals surface area contributed by atoms with E-state index in [0.717, 1.165) is 0 Å². The quantitative estimate of drug-likeness (QED) is 0.674. The molecule has 2 aromatic carbocycles. The van der Waals surface area contributed by atoms with Gasteiger partial charge < -0.3 is 10.1 Å². The molecule has 0 saturated heterocycles. The van der Waals surface area contributed by atoms with E-state index in [9.17, 15) is 18.3 Å². The van der Waals surface area contributed by atoms with Crippen molar-refractivity contribution >= 4 is 31.4 Å². The maximum Gasteiger partial charge on any atom is 0.280 e. The Balaban J connectivity index is 1.96. The number of hydrogen-bond donors (Lipinski definition) is 2. The van der Waals surface area contributed by atoms with Crippen LogP contribution in [-0.2, 0) is 9.05 Å². The fourth-order valence-corrected chi connectivity index (χ4v) is 4.11. The molecule has 3 aromatic rings. The molecule has 2 heterocycles. The summed E-state index contributed by atoms with van der Waals surface area (Å²) in [7, 11) is 1.45. The standard InChI is InChI=1S/C18H11ClN2O4S/c19-26(24,25)12-9-5-4-8-11(12)16-14-13(17(22)21-16)15(20-18(14)23)10-6-2-1-3-7-10/h1-9,20,23H. The van der Waals surface area contributed by atoms with Crippen molar-refractivity contribution in [2.75, 3.05) is 0 Å². The van der Waals surface area contributed by atoms with E-state index in [1.54, 1.807) is 30.3 Å². The number of nitrogens with one attached hydrogen (secondary N) is 1. The largest absolute Gasteiger partial charge is 0.494 e. The number of hydrogen-bond acceptors (Lipinski definition) is 4. The van der Waals surface area contributed by atoms with E-state index in [-0.39, 0.29) is 33.2 Å². The van der Waals surface area contributed by atoms with E-state index >= 15 is 0 Å². The summed E-state index contributed by atoms with van der Waals surface area (Å²) in [5, 5.41) is 10.4. The third-order valence-corrected chi connectivity index (χ3v) is 5.49. The monoisotopic (exact) mass is 386 g/mol. The van der Waals surface area contributed by atoms with Gasteiger partial charge in [-0.2, -0.15) is 0 Å². The average molecular weight is 387 g/mol. The van der Waals surface area contributed by atoms with Crippen LogP contribution < -0.4 is 0 Å². The summed E-state index contributed by atoms with van der Waals surface area (Å²) in [6, 6.07) is 14.9. The van der Waals surface area contributed by atoms with Gasteiger partial charge in [-0.25, -0.2) is 13.4 Å². The maximum absolute atomic E-state index is 12.5. The van der Waals surface area contributed by atoms with Crippen molar-refractivity contribution < 1.29 is 18.3 Å². The lowest BCUT2D eigenvalue weighted by Crippen LogP contribution is -2.06. The number of fused-ring (bicyclic) bond motifs is 1. The van der Waals surface area contributed by atoms with E-state index in [2.05, 4.69) is 9.98 Å². The molecule has 1 aliphatic rings. The number of aromatic nitrogens is 1. The van der Waals surface area contributed by atoms with Crippen LogP contribution in [0.1, 0.15) is 21.5 Å². The fourth-order valence-electron chi connectivity index (χ4n) is 3.04. The van der Waals surface area contributed by atoms with Crippen LogP contribution in [0, 0.1) is 0 Å². The molecule has 0 saturated carbocycles. The van der Waals surface area contributed by atoms with Gasteiger partial charge in [-0.05, 0) is 11.6 Å². The maximum atomic E-state index is 12.5. The molecule has 0 unspecified atom stereocenters. The SMILES string of the molecule is O=C1N=C(c2ccccc2S(=O)(=O)Cl)c2c(O)[nH]c(-c3ccccc3)c21. The predicted octanol–water partition coefficient (Wildman–Crippen LogP) is 3.31. The van der Waals surface area contributed by atoms with Crippen LogP contribution in [-0.4, -0.2) is 30.1 Å². The molecule has 1 amide bonds. The number of aliphatic imine (C=N–C) groups is 1. The summed E-state index contributed by atoms with van der Waals surface area (Å²) in [5.74, 6) is -0.822.